The smallest absolute Gasteiger partial charge is 0.308 e. The van der Waals surface area contributed by atoms with Crippen LogP contribution in [0, 0.1) is 6.92 Å². The van der Waals surface area contributed by atoms with Gasteiger partial charge in [0.15, 0.2) is 0 Å². The fourth-order valence-corrected chi connectivity index (χ4v) is 1.53. The number of rotatable bonds is 4. The molecule has 5 heteroatoms. The predicted molar refractivity (Wildman–Crippen MR) is 66.0 cm³/mol. The van der Waals surface area contributed by atoms with E-state index < -0.39 is 18.0 Å². The number of ether oxygens (including phenoxy) is 2. The molecule has 5 nitrogen and oxygen atoms in total. The molecule has 1 aromatic rings. The third kappa shape index (κ3) is 3.85. The van der Waals surface area contributed by atoms with Crippen LogP contribution in [0.4, 0.5) is 0 Å². The van der Waals surface area contributed by atoms with Crippen molar-refractivity contribution in [1.82, 2.24) is 0 Å². The van der Waals surface area contributed by atoms with Crippen LogP contribution in [0.5, 0.6) is 5.75 Å². The second kappa shape index (κ2) is 6.16. The molecule has 1 aromatic carbocycles. The van der Waals surface area contributed by atoms with Crippen LogP contribution < -0.4 is 10.5 Å². The summed E-state index contributed by atoms with van der Waals surface area (Å²) in [6, 6.07) is 5.25. The minimum Gasteiger partial charge on any atom is -0.456 e. The van der Waals surface area contributed by atoms with Gasteiger partial charge in [-0.25, -0.2) is 0 Å². The molecule has 2 N–H and O–H groups in total. The van der Waals surface area contributed by atoms with Crippen molar-refractivity contribution in [3.05, 3.63) is 29.3 Å². The average Bonchev–Trinajstić information content (AvgIpc) is 2.28. The summed E-state index contributed by atoms with van der Waals surface area (Å²) < 4.78 is 10.1. The molecule has 0 fully saturated rings. The van der Waals surface area contributed by atoms with E-state index in [9.17, 15) is 9.59 Å². The highest BCUT2D eigenvalue weighted by molar-refractivity contribution is 5.70. The van der Waals surface area contributed by atoms with Crippen LogP contribution >= 0.6 is 0 Å². The van der Waals surface area contributed by atoms with Crippen LogP contribution in [0.25, 0.3) is 0 Å². The summed E-state index contributed by atoms with van der Waals surface area (Å²) >= 11 is 0. The summed E-state index contributed by atoms with van der Waals surface area (Å²) in [5.74, 6) is -0.349. The van der Waals surface area contributed by atoms with Crippen LogP contribution in [0.2, 0.25) is 0 Å². The highest BCUT2D eigenvalue weighted by Crippen LogP contribution is 2.25. The topological polar surface area (TPSA) is 78.6 Å². The van der Waals surface area contributed by atoms with E-state index >= 15 is 0 Å². The number of hydrogen-bond acceptors (Lipinski definition) is 5. The van der Waals surface area contributed by atoms with Gasteiger partial charge in [0, 0.05) is 20.4 Å². The zero-order valence-corrected chi connectivity index (χ0v) is 10.7. The van der Waals surface area contributed by atoms with E-state index in [0.29, 0.717) is 11.3 Å². The lowest BCUT2D eigenvalue weighted by molar-refractivity contribution is -0.146. The van der Waals surface area contributed by atoms with E-state index in [1.807, 2.05) is 6.92 Å². The molecule has 0 heterocycles. The molecule has 0 radical (unpaired) electrons. The van der Waals surface area contributed by atoms with Crippen LogP contribution in [0.1, 0.15) is 31.1 Å². The Morgan fingerprint density at radius 2 is 1.94 bits per heavy atom. The Labute approximate surface area is 106 Å². The molecule has 0 aliphatic carbocycles. The maximum atomic E-state index is 11.0. The van der Waals surface area contributed by atoms with Crippen LogP contribution in [-0.2, 0) is 14.3 Å². The van der Waals surface area contributed by atoms with Gasteiger partial charge in [-0.2, -0.15) is 0 Å². The van der Waals surface area contributed by atoms with Gasteiger partial charge in [0.1, 0.15) is 11.9 Å². The van der Waals surface area contributed by atoms with Crippen LogP contribution in [0.3, 0.4) is 0 Å². The van der Waals surface area contributed by atoms with Gasteiger partial charge in [-0.1, -0.05) is 12.1 Å². The number of carbonyl (C=O) groups excluding carboxylic acids is 2. The minimum absolute atomic E-state index is 0.169. The Hall–Kier alpha value is -1.88. The van der Waals surface area contributed by atoms with Crippen molar-refractivity contribution in [3.8, 4) is 5.75 Å². The van der Waals surface area contributed by atoms with Crippen molar-refractivity contribution in [2.24, 2.45) is 5.73 Å². The Bertz CT molecular complexity index is 456. The quantitative estimate of drug-likeness (QED) is 0.647. The van der Waals surface area contributed by atoms with Gasteiger partial charge < -0.3 is 15.2 Å². The number of hydrogen-bond donors (Lipinski definition) is 1. The Balaban J connectivity index is 3.01. The second-order valence-corrected chi connectivity index (χ2v) is 3.95. The molecule has 18 heavy (non-hydrogen) atoms. The summed E-state index contributed by atoms with van der Waals surface area (Å²) in [4.78, 5) is 21.9. The van der Waals surface area contributed by atoms with E-state index in [0.717, 1.165) is 5.56 Å². The molecule has 1 rings (SSSR count). The number of carbonyl (C=O) groups is 2. The van der Waals surface area contributed by atoms with Gasteiger partial charge >= 0.3 is 11.9 Å². The van der Waals surface area contributed by atoms with E-state index in [2.05, 4.69) is 0 Å². The standard InChI is InChI=1S/C13H17NO4/c1-8-4-5-11(6-12(8)17-9(2)15)13(7-14)18-10(3)16/h4-6,13H,7,14H2,1-3H3/t13-/m0/s1. The summed E-state index contributed by atoms with van der Waals surface area (Å²) in [6.07, 6.45) is -0.530. The van der Waals surface area contributed by atoms with Crippen molar-refractivity contribution in [2.45, 2.75) is 26.9 Å². The van der Waals surface area contributed by atoms with E-state index in [-0.39, 0.29) is 6.54 Å². The minimum atomic E-state index is -0.530. The maximum absolute atomic E-state index is 11.0. The van der Waals surface area contributed by atoms with Crippen LogP contribution in [0.15, 0.2) is 18.2 Å². The number of esters is 2. The van der Waals surface area contributed by atoms with Gasteiger partial charge in [-0.3, -0.25) is 9.59 Å². The van der Waals surface area contributed by atoms with Gasteiger partial charge in [0.25, 0.3) is 0 Å². The lowest BCUT2D eigenvalue weighted by Crippen LogP contribution is -2.18. The molecule has 1 atom stereocenters. The van der Waals surface area contributed by atoms with Crippen molar-refractivity contribution in [2.75, 3.05) is 6.54 Å². The predicted octanol–water partition coefficient (Wildman–Crippen LogP) is 1.48. The molecule has 0 saturated heterocycles. The molecule has 0 aliphatic rings. The fourth-order valence-electron chi connectivity index (χ4n) is 1.53. The Morgan fingerprint density at radius 3 is 2.44 bits per heavy atom. The average molecular weight is 251 g/mol. The van der Waals surface area contributed by atoms with Gasteiger partial charge in [-0.15, -0.1) is 0 Å². The van der Waals surface area contributed by atoms with E-state index in [4.69, 9.17) is 15.2 Å². The first-order chi connectivity index (χ1) is 8.43. The summed E-state index contributed by atoms with van der Waals surface area (Å²) in [6.45, 7) is 4.65. The largest absolute Gasteiger partial charge is 0.456 e. The highest BCUT2D eigenvalue weighted by atomic mass is 16.5. The van der Waals surface area contributed by atoms with E-state index in [1.165, 1.54) is 13.8 Å². The lowest BCUT2D eigenvalue weighted by atomic mass is 10.1. The maximum Gasteiger partial charge on any atom is 0.308 e. The fraction of sp³-hybridized carbons (Fsp3) is 0.385. The van der Waals surface area contributed by atoms with Gasteiger partial charge in [0.2, 0.25) is 0 Å². The third-order valence-electron chi connectivity index (χ3n) is 2.36. The molecule has 0 aliphatic heterocycles. The highest BCUT2D eigenvalue weighted by Gasteiger charge is 2.15. The van der Waals surface area contributed by atoms with E-state index in [1.54, 1.807) is 18.2 Å². The normalized spacial score (nSPS) is 11.8. The molecule has 0 bridgehead atoms. The number of aryl methyl sites for hydroxylation is 1. The van der Waals surface area contributed by atoms with Crippen LogP contribution in [-0.4, -0.2) is 18.5 Å². The SMILES string of the molecule is CC(=O)Oc1cc([C@H](CN)OC(C)=O)ccc1C. The zero-order chi connectivity index (χ0) is 13.7. The molecule has 0 aromatic heterocycles. The molecule has 0 spiro atoms. The summed E-state index contributed by atoms with van der Waals surface area (Å²) in [5, 5.41) is 0. The monoisotopic (exact) mass is 251 g/mol. The molecular weight excluding hydrogens is 234 g/mol. The summed E-state index contributed by atoms with van der Waals surface area (Å²) in [7, 11) is 0. The first-order valence-electron chi connectivity index (χ1n) is 5.60. The summed E-state index contributed by atoms with van der Waals surface area (Å²) in [5.41, 5.74) is 7.09. The van der Waals surface area contributed by atoms with Gasteiger partial charge in [-0.05, 0) is 24.1 Å². The lowest BCUT2D eigenvalue weighted by Gasteiger charge is -2.16. The first-order valence-corrected chi connectivity index (χ1v) is 5.60. The Kier molecular flexibility index (Phi) is 4.85. The Morgan fingerprint density at radius 1 is 1.28 bits per heavy atom. The van der Waals surface area contributed by atoms with Gasteiger partial charge in [0.05, 0.1) is 0 Å². The molecule has 0 unspecified atom stereocenters. The first kappa shape index (κ1) is 14.2. The van der Waals surface area contributed by atoms with Crippen molar-refractivity contribution in [1.29, 1.82) is 0 Å². The van der Waals surface area contributed by atoms with Crippen molar-refractivity contribution < 1.29 is 19.1 Å². The molecule has 0 saturated carbocycles. The molecule has 98 valence electrons. The molecule has 0 amide bonds. The van der Waals surface area contributed by atoms with Crippen molar-refractivity contribution >= 4 is 11.9 Å². The third-order valence-corrected chi connectivity index (χ3v) is 2.36. The number of nitrogens with two attached hydrogens (primary N) is 1. The second-order valence-electron chi connectivity index (χ2n) is 3.95. The number of benzene rings is 1. The zero-order valence-electron chi connectivity index (χ0n) is 10.7. The van der Waals surface area contributed by atoms with Crippen molar-refractivity contribution in [3.63, 3.8) is 0 Å². The molecular formula is C13H17NO4.